The molecule has 14 heavy (non-hydrogen) atoms. The van der Waals surface area contributed by atoms with Crippen LogP contribution in [0.3, 0.4) is 0 Å². The van der Waals surface area contributed by atoms with Gasteiger partial charge < -0.3 is 9.47 Å². The van der Waals surface area contributed by atoms with Gasteiger partial charge in [-0.05, 0) is 12.8 Å². The second-order valence-electron chi connectivity index (χ2n) is 3.61. The van der Waals surface area contributed by atoms with Gasteiger partial charge in [0.05, 0.1) is 19.1 Å². The average Bonchev–Trinajstić information content (AvgIpc) is 2.49. The Hall–Kier alpha value is -0.830. The zero-order chi connectivity index (χ0) is 10.4. The Morgan fingerprint density at radius 2 is 2.50 bits per heavy atom. The molecule has 1 aliphatic heterocycles. The lowest BCUT2D eigenvalue weighted by atomic mass is 10.0. The summed E-state index contributed by atoms with van der Waals surface area (Å²) in [5.74, 6) is 0.0383. The highest BCUT2D eigenvalue weighted by atomic mass is 16.6. The van der Waals surface area contributed by atoms with E-state index < -0.39 is 0 Å². The molecule has 80 valence electrons. The number of hydrogen-bond donors (Lipinski definition) is 0. The molecule has 0 saturated carbocycles. The maximum Gasteiger partial charge on any atom is 0.309 e. The van der Waals surface area contributed by atoms with Gasteiger partial charge in [0.2, 0.25) is 0 Å². The molecule has 2 atom stereocenters. The molecule has 1 fully saturated rings. The van der Waals surface area contributed by atoms with E-state index >= 15 is 0 Å². The van der Waals surface area contributed by atoms with Crippen molar-refractivity contribution in [2.45, 2.75) is 32.3 Å². The predicted octanol–water partition coefficient (Wildman–Crippen LogP) is 1.92. The highest BCUT2D eigenvalue weighted by Crippen LogP contribution is 2.25. The zero-order valence-electron chi connectivity index (χ0n) is 8.70. The summed E-state index contributed by atoms with van der Waals surface area (Å²) in [7, 11) is 0. The van der Waals surface area contributed by atoms with E-state index in [2.05, 4.69) is 13.5 Å². The van der Waals surface area contributed by atoms with Gasteiger partial charge >= 0.3 is 5.97 Å². The molecule has 2 unspecified atom stereocenters. The first kappa shape index (κ1) is 11.2. The summed E-state index contributed by atoms with van der Waals surface area (Å²) in [6.45, 7) is 6.65. The van der Waals surface area contributed by atoms with Crippen molar-refractivity contribution in [2.24, 2.45) is 5.92 Å². The Labute approximate surface area is 85.1 Å². The first-order chi connectivity index (χ1) is 6.77. The fourth-order valence-corrected chi connectivity index (χ4v) is 1.69. The number of cyclic esters (lactones) is 1. The number of carbonyl (C=O) groups is 1. The third kappa shape index (κ3) is 3.14. The number of ether oxygens (including phenoxy) is 2. The minimum atomic E-state index is -0.0564. The molecule has 0 aliphatic carbocycles. The van der Waals surface area contributed by atoms with Gasteiger partial charge in [-0.1, -0.05) is 19.4 Å². The van der Waals surface area contributed by atoms with Gasteiger partial charge in [0.15, 0.2) is 0 Å². The maximum atomic E-state index is 11.3. The van der Waals surface area contributed by atoms with Gasteiger partial charge in [0, 0.05) is 0 Å². The van der Waals surface area contributed by atoms with Crippen molar-refractivity contribution >= 4 is 5.97 Å². The fraction of sp³-hybridized carbons (Fsp3) is 0.727. The van der Waals surface area contributed by atoms with E-state index in [1.165, 1.54) is 0 Å². The Morgan fingerprint density at radius 1 is 1.71 bits per heavy atom. The van der Waals surface area contributed by atoms with Gasteiger partial charge in [-0.15, -0.1) is 6.58 Å². The molecule has 3 nitrogen and oxygen atoms in total. The molecular weight excluding hydrogens is 180 g/mol. The molecule has 3 heteroatoms. The highest BCUT2D eigenvalue weighted by molar-refractivity contribution is 5.74. The van der Waals surface area contributed by atoms with Gasteiger partial charge in [-0.2, -0.15) is 0 Å². The Bertz CT molecular complexity index is 201. The minimum absolute atomic E-state index is 0.0426. The van der Waals surface area contributed by atoms with E-state index in [0.717, 1.165) is 19.3 Å². The molecular formula is C11H18O3. The summed E-state index contributed by atoms with van der Waals surface area (Å²) in [5.41, 5.74) is 0. The largest absolute Gasteiger partial charge is 0.460 e. The number of carbonyl (C=O) groups excluding carboxylic acids is 1. The van der Waals surface area contributed by atoms with Crippen LogP contribution in [0.15, 0.2) is 12.7 Å². The van der Waals surface area contributed by atoms with E-state index in [4.69, 9.17) is 9.47 Å². The van der Waals surface area contributed by atoms with Gasteiger partial charge in [-0.25, -0.2) is 0 Å². The SMILES string of the molecule is C=CCOCC1CC(CCC)C(=O)O1. The first-order valence-electron chi connectivity index (χ1n) is 5.17. The third-order valence-corrected chi connectivity index (χ3v) is 2.34. The van der Waals surface area contributed by atoms with E-state index in [1.807, 2.05) is 0 Å². The van der Waals surface area contributed by atoms with E-state index in [-0.39, 0.29) is 18.0 Å². The molecule has 0 aromatic rings. The van der Waals surface area contributed by atoms with E-state index in [9.17, 15) is 4.79 Å². The van der Waals surface area contributed by atoms with Crippen LogP contribution < -0.4 is 0 Å². The van der Waals surface area contributed by atoms with Crippen LogP contribution in [-0.4, -0.2) is 25.3 Å². The van der Waals surface area contributed by atoms with Crippen LogP contribution in [0, 0.1) is 5.92 Å². The molecule has 0 amide bonds. The second-order valence-corrected chi connectivity index (χ2v) is 3.61. The topological polar surface area (TPSA) is 35.5 Å². The number of hydrogen-bond acceptors (Lipinski definition) is 3. The third-order valence-electron chi connectivity index (χ3n) is 2.34. The monoisotopic (exact) mass is 198 g/mol. The predicted molar refractivity (Wildman–Crippen MR) is 53.9 cm³/mol. The van der Waals surface area contributed by atoms with Crippen molar-refractivity contribution in [3.8, 4) is 0 Å². The quantitative estimate of drug-likeness (QED) is 0.371. The lowest BCUT2D eigenvalue weighted by molar-refractivity contribution is -0.146. The van der Waals surface area contributed by atoms with Gasteiger partial charge in [0.1, 0.15) is 6.10 Å². The smallest absolute Gasteiger partial charge is 0.309 e. The lowest BCUT2D eigenvalue weighted by Gasteiger charge is -2.07. The summed E-state index contributed by atoms with van der Waals surface area (Å²) in [6.07, 6.45) is 4.42. The maximum absolute atomic E-state index is 11.3. The lowest BCUT2D eigenvalue weighted by Crippen LogP contribution is -2.14. The molecule has 1 saturated heterocycles. The Morgan fingerprint density at radius 3 is 3.14 bits per heavy atom. The fourth-order valence-electron chi connectivity index (χ4n) is 1.69. The van der Waals surface area contributed by atoms with Crippen LogP contribution in [0.1, 0.15) is 26.2 Å². The molecule has 0 N–H and O–H groups in total. The number of esters is 1. The molecule has 0 aromatic heterocycles. The second kappa shape index (κ2) is 5.81. The van der Waals surface area contributed by atoms with Crippen LogP contribution in [0.5, 0.6) is 0 Å². The highest BCUT2D eigenvalue weighted by Gasteiger charge is 2.33. The first-order valence-corrected chi connectivity index (χ1v) is 5.17. The van der Waals surface area contributed by atoms with Crippen molar-refractivity contribution < 1.29 is 14.3 Å². The van der Waals surface area contributed by atoms with Crippen LogP contribution in [0.25, 0.3) is 0 Å². The average molecular weight is 198 g/mol. The van der Waals surface area contributed by atoms with Crippen molar-refractivity contribution in [3.63, 3.8) is 0 Å². The van der Waals surface area contributed by atoms with Gasteiger partial charge in [0.25, 0.3) is 0 Å². The summed E-state index contributed by atoms with van der Waals surface area (Å²) < 4.78 is 10.4. The van der Waals surface area contributed by atoms with Crippen LogP contribution in [0.2, 0.25) is 0 Å². The van der Waals surface area contributed by atoms with Crippen molar-refractivity contribution in [2.75, 3.05) is 13.2 Å². The van der Waals surface area contributed by atoms with Crippen LogP contribution in [0.4, 0.5) is 0 Å². The number of rotatable bonds is 6. The van der Waals surface area contributed by atoms with Crippen molar-refractivity contribution in [1.29, 1.82) is 0 Å². The zero-order valence-corrected chi connectivity index (χ0v) is 8.70. The van der Waals surface area contributed by atoms with E-state index in [1.54, 1.807) is 6.08 Å². The van der Waals surface area contributed by atoms with Crippen molar-refractivity contribution in [3.05, 3.63) is 12.7 Å². The summed E-state index contributed by atoms with van der Waals surface area (Å²) in [6, 6.07) is 0. The Kier molecular flexibility index (Phi) is 4.66. The summed E-state index contributed by atoms with van der Waals surface area (Å²) in [4.78, 5) is 11.3. The summed E-state index contributed by atoms with van der Waals surface area (Å²) >= 11 is 0. The van der Waals surface area contributed by atoms with E-state index in [0.29, 0.717) is 13.2 Å². The summed E-state index contributed by atoms with van der Waals surface area (Å²) in [5, 5.41) is 0. The molecule has 0 aromatic carbocycles. The molecule has 0 radical (unpaired) electrons. The minimum Gasteiger partial charge on any atom is -0.460 e. The molecule has 1 rings (SSSR count). The van der Waals surface area contributed by atoms with Crippen LogP contribution in [-0.2, 0) is 14.3 Å². The molecule has 0 spiro atoms. The van der Waals surface area contributed by atoms with Gasteiger partial charge in [-0.3, -0.25) is 4.79 Å². The molecule has 1 aliphatic rings. The Balaban J connectivity index is 2.24. The standard InChI is InChI=1S/C11H18O3/c1-3-5-9-7-10(14-11(9)12)8-13-6-4-2/h4,9-10H,2-3,5-8H2,1H3. The van der Waals surface area contributed by atoms with Crippen LogP contribution >= 0.6 is 0 Å². The van der Waals surface area contributed by atoms with Crippen molar-refractivity contribution in [1.82, 2.24) is 0 Å². The normalized spacial score (nSPS) is 26.2. The molecule has 0 bridgehead atoms. The molecule has 1 heterocycles.